The Morgan fingerprint density at radius 3 is 2.69 bits per heavy atom. The average Bonchev–Trinajstić information content (AvgIpc) is 3.24. The maximum atomic E-state index is 14.2. The third kappa shape index (κ3) is 6.38. The molecule has 1 amide bonds. The number of carbonyl (C=O) groups excluding carboxylic acids is 1. The normalized spacial score (nSPS) is 18.9. The van der Waals surface area contributed by atoms with Gasteiger partial charge in [0.25, 0.3) is 5.91 Å². The van der Waals surface area contributed by atoms with Crippen LogP contribution in [0.4, 0.5) is 13.2 Å². The number of halogens is 4. The van der Waals surface area contributed by atoms with Crippen LogP contribution in [0.5, 0.6) is 0 Å². The van der Waals surface area contributed by atoms with Crippen molar-refractivity contribution in [3.63, 3.8) is 0 Å². The number of nitrogens with zero attached hydrogens (tertiary/aromatic N) is 3. The fourth-order valence-corrected chi connectivity index (χ4v) is 5.80. The molecule has 5 nitrogen and oxygen atoms in total. The molecule has 0 bridgehead atoms. The second-order valence-electron chi connectivity index (χ2n) is 8.94. The summed E-state index contributed by atoms with van der Waals surface area (Å²) in [4.78, 5) is 26.4. The molecule has 1 fully saturated rings. The minimum absolute atomic E-state index is 0.00930. The lowest BCUT2D eigenvalue weighted by Gasteiger charge is -2.31. The van der Waals surface area contributed by atoms with Gasteiger partial charge in [-0.25, -0.2) is 28.1 Å². The van der Waals surface area contributed by atoms with Crippen LogP contribution in [0.1, 0.15) is 65.4 Å². The van der Waals surface area contributed by atoms with Crippen LogP contribution in [0, 0.1) is 18.7 Å². The van der Waals surface area contributed by atoms with Crippen molar-refractivity contribution in [1.29, 1.82) is 0 Å². The van der Waals surface area contributed by atoms with Crippen LogP contribution in [0.15, 0.2) is 36.1 Å². The molecule has 2 atom stereocenters. The van der Waals surface area contributed by atoms with E-state index in [0.717, 1.165) is 35.8 Å². The number of alkyl halides is 2. The molecule has 2 aromatic heterocycles. The number of thiazole rings is 1. The molecule has 1 aromatic carbocycles. The van der Waals surface area contributed by atoms with E-state index in [4.69, 9.17) is 11.6 Å². The lowest BCUT2D eigenvalue weighted by Crippen LogP contribution is -2.33. The number of carbonyl (C=O) groups is 1. The quantitative estimate of drug-likeness (QED) is 0.385. The summed E-state index contributed by atoms with van der Waals surface area (Å²) in [5, 5.41) is 3.22. The Kier molecular flexibility index (Phi) is 8.06. The van der Waals surface area contributed by atoms with Gasteiger partial charge in [0.15, 0.2) is 11.6 Å². The summed E-state index contributed by atoms with van der Waals surface area (Å²) in [5.41, 5.74) is 3.37. The standard InChI is InChI=1S/C25H26ClF3N4OS/c1-15-22(35-14-33-15)20(16-4-2-3-8-25(28,29)9-7-16)13-32-24(34)19-10-17(5-6-21(19)26)23-30-11-18(27)12-31-23/h5-6,10-12,14,16,20H,2-4,7-9,13H2,1H3,(H,32,34). The van der Waals surface area contributed by atoms with E-state index >= 15 is 0 Å². The number of hydrogen-bond donors (Lipinski definition) is 1. The van der Waals surface area contributed by atoms with Gasteiger partial charge in [-0.2, -0.15) is 0 Å². The Hall–Kier alpha value is -2.52. The zero-order valence-electron chi connectivity index (χ0n) is 19.2. The van der Waals surface area contributed by atoms with Crippen LogP contribution < -0.4 is 5.32 Å². The fourth-order valence-electron chi connectivity index (χ4n) is 4.60. The summed E-state index contributed by atoms with van der Waals surface area (Å²) in [6.45, 7) is 2.19. The number of amides is 1. The molecular weight excluding hydrogens is 497 g/mol. The third-order valence-corrected chi connectivity index (χ3v) is 7.90. The summed E-state index contributed by atoms with van der Waals surface area (Å²) in [6.07, 6.45) is 4.34. The minimum Gasteiger partial charge on any atom is -0.351 e. The molecule has 35 heavy (non-hydrogen) atoms. The smallest absolute Gasteiger partial charge is 0.252 e. The number of benzene rings is 1. The van der Waals surface area contributed by atoms with E-state index in [9.17, 15) is 18.0 Å². The Morgan fingerprint density at radius 2 is 1.97 bits per heavy atom. The van der Waals surface area contributed by atoms with E-state index in [-0.39, 0.29) is 53.5 Å². The van der Waals surface area contributed by atoms with E-state index in [1.165, 1.54) is 11.3 Å². The molecule has 2 heterocycles. The van der Waals surface area contributed by atoms with Crippen LogP contribution in [0.3, 0.4) is 0 Å². The van der Waals surface area contributed by atoms with Crippen LogP contribution in [0.25, 0.3) is 11.4 Å². The number of hydrogen-bond acceptors (Lipinski definition) is 5. The van der Waals surface area contributed by atoms with Gasteiger partial charge < -0.3 is 5.32 Å². The lowest BCUT2D eigenvalue weighted by molar-refractivity contribution is -0.0303. The van der Waals surface area contributed by atoms with E-state index in [2.05, 4.69) is 20.3 Å². The zero-order valence-corrected chi connectivity index (χ0v) is 20.8. The largest absolute Gasteiger partial charge is 0.351 e. The summed E-state index contributed by atoms with van der Waals surface area (Å²) in [5.74, 6) is -3.44. The highest BCUT2D eigenvalue weighted by molar-refractivity contribution is 7.09. The van der Waals surface area contributed by atoms with Crippen molar-refractivity contribution in [3.8, 4) is 11.4 Å². The van der Waals surface area contributed by atoms with Gasteiger partial charge in [0.05, 0.1) is 34.2 Å². The molecule has 3 aromatic rings. The molecule has 0 radical (unpaired) electrons. The van der Waals surface area contributed by atoms with Crippen LogP contribution in [-0.4, -0.2) is 33.3 Å². The Balaban J connectivity index is 1.54. The first-order valence-corrected chi connectivity index (χ1v) is 12.8. The second-order valence-corrected chi connectivity index (χ2v) is 10.2. The maximum absolute atomic E-state index is 14.2. The topological polar surface area (TPSA) is 67.8 Å². The fraction of sp³-hybridized carbons (Fsp3) is 0.440. The summed E-state index contributed by atoms with van der Waals surface area (Å²) in [7, 11) is 0. The summed E-state index contributed by atoms with van der Waals surface area (Å²) >= 11 is 7.80. The first-order chi connectivity index (χ1) is 16.7. The van der Waals surface area contributed by atoms with Crippen LogP contribution in [0.2, 0.25) is 5.02 Å². The Morgan fingerprint density at radius 1 is 1.20 bits per heavy atom. The molecule has 2 unspecified atom stereocenters. The molecule has 4 rings (SSSR count). The van der Waals surface area contributed by atoms with Crippen molar-refractivity contribution in [2.24, 2.45) is 5.92 Å². The predicted octanol–water partition coefficient (Wildman–Crippen LogP) is 6.82. The Bertz CT molecular complexity index is 1170. The predicted molar refractivity (Wildman–Crippen MR) is 131 cm³/mol. The summed E-state index contributed by atoms with van der Waals surface area (Å²) < 4.78 is 41.5. The molecule has 1 aliphatic rings. The van der Waals surface area contributed by atoms with Crippen LogP contribution in [-0.2, 0) is 0 Å². The number of aryl methyl sites for hydroxylation is 1. The van der Waals surface area contributed by atoms with E-state index in [1.807, 2.05) is 6.92 Å². The van der Waals surface area contributed by atoms with Crippen molar-refractivity contribution in [2.75, 3.05) is 6.54 Å². The molecule has 0 aliphatic heterocycles. The highest BCUT2D eigenvalue weighted by Crippen LogP contribution is 2.41. The zero-order chi connectivity index (χ0) is 25.0. The monoisotopic (exact) mass is 522 g/mol. The molecule has 186 valence electrons. The van der Waals surface area contributed by atoms with Gasteiger partial charge in [-0.3, -0.25) is 4.79 Å². The third-order valence-electron chi connectivity index (χ3n) is 6.51. The summed E-state index contributed by atoms with van der Waals surface area (Å²) in [6, 6.07) is 4.79. The molecule has 0 saturated heterocycles. The molecule has 0 spiro atoms. The van der Waals surface area contributed by atoms with Gasteiger partial charge >= 0.3 is 0 Å². The van der Waals surface area contributed by atoms with Gasteiger partial charge in [0.2, 0.25) is 5.92 Å². The molecular formula is C25H26ClF3N4OS. The highest BCUT2D eigenvalue weighted by atomic mass is 35.5. The van der Waals surface area contributed by atoms with Crippen LogP contribution >= 0.6 is 22.9 Å². The second kappa shape index (κ2) is 11.0. The number of aromatic nitrogens is 3. The van der Waals surface area contributed by atoms with Crippen molar-refractivity contribution in [2.45, 2.75) is 57.3 Å². The van der Waals surface area contributed by atoms with Gasteiger partial charge in [0.1, 0.15) is 0 Å². The highest BCUT2D eigenvalue weighted by Gasteiger charge is 2.35. The Labute approximate surface area is 211 Å². The van der Waals surface area contributed by atoms with E-state index in [1.54, 1.807) is 23.7 Å². The maximum Gasteiger partial charge on any atom is 0.252 e. The number of rotatable bonds is 6. The molecule has 10 heteroatoms. The van der Waals surface area contributed by atoms with Gasteiger partial charge in [-0.05, 0) is 50.3 Å². The number of nitrogens with one attached hydrogen (secondary N) is 1. The molecule has 1 N–H and O–H groups in total. The van der Waals surface area contributed by atoms with Crippen molar-refractivity contribution < 1.29 is 18.0 Å². The van der Waals surface area contributed by atoms with Crippen molar-refractivity contribution >= 4 is 28.8 Å². The van der Waals surface area contributed by atoms with E-state index in [0.29, 0.717) is 18.4 Å². The lowest BCUT2D eigenvalue weighted by atomic mass is 9.79. The first-order valence-electron chi connectivity index (χ1n) is 11.6. The molecule has 1 aliphatic carbocycles. The first kappa shape index (κ1) is 25.6. The average molecular weight is 523 g/mol. The SMILES string of the molecule is Cc1ncsc1C(CNC(=O)c1cc(-c2ncc(F)cn2)ccc1Cl)C1CCCCC(F)(F)CC1. The molecule has 1 saturated carbocycles. The van der Waals surface area contributed by atoms with Crippen molar-refractivity contribution in [3.05, 3.63) is 63.1 Å². The van der Waals surface area contributed by atoms with Gasteiger partial charge in [-0.1, -0.05) is 18.0 Å². The van der Waals surface area contributed by atoms with Gasteiger partial charge in [0, 0.05) is 35.7 Å². The van der Waals surface area contributed by atoms with Gasteiger partial charge in [-0.15, -0.1) is 11.3 Å². The van der Waals surface area contributed by atoms with E-state index < -0.39 is 11.7 Å². The van der Waals surface area contributed by atoms with Crippen molar-refractivity contribution in [1.82, 2.24) is 20.3 Å². The minimum atomic E-state index is -2.65.